The van der Waals surface area contributed by atoms with Crippen LogP contribution in [0, 0.1) is 0 Å². The van der Waals surface area contributed by atoms with Gasteiger partial charge in [0.15, 0.2) is 0 Å². The predicted octanol–water partition coefficient (Wildman–Crippen LogP) is 3.35. The summed E-state index contributed by atoms with van der Waals surface area (Å²) in [6.45, 7) is 0. The quantitative estimate of drug-likeness (QED) is 0.777. The summed E-state index contributed by atoms with van der Waals surface area (Å²) in [7, 11) is -3.75. The number of benzene rings is 1. The highest BCUT2D eigenvalue weighted by molar-refractivity contribution is 7.92. The Kier molecular flexibility index (Phi) is 3.95. The molecule has 0 bridgehead atoms. The first kappa shape index (κ1) is 16.1. The lowest BCUT2D eigenvalue weighted by molar-refractivity contribution is 0.363. The van der Waals surface area contributed by atoms with Crippen molar-refractivity contribution in [3.05, 3.63) is 42.9 Å². The molecular formula is C18H20N4O2S. The van der Waals surface area contributed by atoms with Gasteiger partial charge in [-0.15, -0.1) is 0 Å². The number of hydrogen-bond donors (Lipinski definition) is 1. The molecule has 0 spiro atoms. The fourth-order valence-electron chi connectivity index (χ4n) is 3.75. The lowest BCUT2D eigenvalue weighted by atomic mass is 9.95. The molecule has 0 saturated heterocycles. The van der Waals surface area contributed by atoms with E-state index < -0.39 is 9.84 Å². The molecule has 7 heteroatoms. The van der Waals surface area contributed by atoms with Gasteiger partial charge in [-0.2, -0.15) is 0 Å². The lowest BCUT2D eigenvalue weighted by Crippen LogP contribution is -2.15. The van der Waals surface area contributed by atoms with Gasteiger partial charge in [0.2, 0.25) is 9.84 Å². The van der Waals surface area contributed by atoms with Crippen LogP contribution in [0.1, 0.15) is 38.1 Å². The van der Waals surface area contributed by atoms with Gasteiger partial charge >= 0.3 is 0 Å². The van der Waals surface area contributed by atoms with Gasteiger partial charge in [-0.05, 0) is 25.0 Å². The van der Waals surface area contributed by atoms with E-state index in [9.17, 15) is 8.42 Å². The van der Waals surface area contributed by atoms with Crippen LogP contribution >= 0.6 is 0 Å². The first-order chi connectivity index (χ1) is 12.1. The van der Waals surface area contributed by atoms with Crippen molar-refractivity contribution in [3.63, 3.8) is 0 Å². The van der Waals surface area contributed by atoms with Crippen LogP contribution in [0.4, 0.5) is 5.82 Å². The Morgan fingerprint density at radius 1 is 1.08 bits per heavy atom. The van der Waals surface area contributed by atoms with E-state index in [0.717, 1.165) is 25.7 Å². The van der Waals surface area contributed by atoms with Gasteiger partial charge in [-0.1, -0.05) is 37.5 Å². The average Bonchev–Trinajstić information content (AvgIpc) is 2.95. The maximum absolute atomic E-state index is 13.2. The number of fused-ring (bicyclic) bond motifs is 1. The van der Waals surface area contributed by atoms with E-state index >= 15 is 0 Å². The highest BCUT2D eigenvalue weighted by Crippen LogP contribution is 2.40. The molecule has 1 aliphatic rings. The molecule has 130 valence electrons. The van der Waals surface area contributed by atoms with E-state index in [1.807, 2.05) is 4.57 Å². The Morgan fingerprint density at radius 2 is 1.80 bits per heavy atom. The minimum atomic E-state index is -3.75. The fourth-order valence-corrected chi connectivity index (χ4v) is 5.29. The van der Waals surface area contributed by atoms with Crippen molar-refractivity contribution in [3.8, 4) is 0 Å². The standard InChI is InChI=1S/C18H20N4O2S/c19-18-17(25(23,24)14-9-5-2-6-10-14)16-15(11-20-12-21-16)22(18)13-7-3-1-4-8-13/h2,5-6,9-13H,1,3-4,7-8,19H2. The highest BCUT2D eigenvalue weighted by Gasteiger charge is 2.31. The molecule has 0 aliphatic heterocycles. The smallest absolute Gasteiger partial charge is 0.212 e. The van der Waals surface area contributed by atoms with Crippen LogP contribution in [-0.4, -0.2) is 23.0 Å². The number of anilines is 1. The van der Waals surface area contributed by atoms with Crippen molar-refractivity contribution in [1.82, 2.24) is 14.5 Å². The Labute approximate surface area is 146 Å². The second kappa shape index (κ2) is 6.15. The maximum atomic E-state index is 13.2. The Morgan fingerprint density at radius 3 is 2.52 bits per heavy atom. The van der Waals surface area contributed by atoms with Gasteiger partial charge in [0, 0.05) is 6.04 Å². The number of hydrogen-bond acceptors (Lipinski definition) is 5. The van der Waals surface area contributed by atoms with Crippen molar-refractivity contribution >= 4 is 26.7 Å². The zero-order valence-corrected chi connectivity index (χ0v) is 14.6. The lowest BCUT2D eigenvalue weighted by Gasteiger charge is -2.25. The van der Waals surface area contributed by atoms with Crippen LogP contribution in [0.2, 0.25) is 0 Å². The molecule has 6 nitrogen and oxygen atoms in total. The number of nitrogen functional groups attached to an aromatic ring is 1. The molecule has 1 aliphatic carbocycles. The zero-order valence-electron chi connectivity index (χ0n) is 13.8. The largest absolute Gasteiger partial charge is 0.384 e. The zero-order chi connectivity index (χ0) is 17.4. The predicted molar refractivity (Wildman–Crippen MR) is 96.0 cm³/mol. The summed E-state index contributed by atoms with van der Waals surface area (Å²) >= 11 is 0. The Hall–Kier alpha value is -2.41. The topological polar surface area (TPSA) is 90.9 Å². The van der Waals surface area contributed by atoms with Gasteiger partial charge in [-0.25, -0.2) is 18.4 Å². The van der Waals surface area contributed by atoms with Gasteiger partial charge in [0.1, 0.15) is 22.6 Å². The van der Waals surface area contributed by atoms with E-state index in [2.05, 4.69) is 9.97 Å². The Bertz CT molecular complexity index is 1010. The highest BCUT2D eigenvalue weighted by atomic mass is 32.2. The summed E-state index contributed by atoms with van der Waals surface area (Å²) in [6, 6.07) is 8.56. The molecule has 3 aromatic rings. The summed E-state index contributed by atoms with van der Waals surface area (Å²) in [5, 5.41) is 0. The number of rotatable bonds is 3. The van der Waals surface area contributed by atoms with Gasteiger partial charge in [-0.3, -0.25) is 0 Å². The molecule has 1 fully saturated rings. The molecule has 1 saturated carbocycles. The van der Waals surface area contributed by atoms with E-state index in [4.69, 9.17) is 5.73 Å². The van der Waals surface area contributed by atoms with Crippen molar-refractivity contribution in [1.29, 1.82) is 0 Å². The molecule has 25 heavy (non-hydrogen) atoms. The number of nitrogens with two attached hydrogens (primary N) is 1. The normalized spacial score (nSPS) is 16.3. The average molecular weight is 356 g/mol. The monoisotopic (exact) mass is 356 g/mol. The first-order valence-corrected chi connectivity index (χ1v) is 9.98. The molecule has 1 aromatic carbocycles. The van der Waals surface area contributed by atoms with E-state index in [0.29, 0.717) is 11.0 Å². The van der Waals surface area contributed by atoms with Crippen LogP contribution in [0.25, 0.3) is 11.0 Å². The third-order valence-corrected chi connectivity index (χ3v) is 6.75. The van der Waals surface area contributed by atoms with Crippen molar-refractivity contribution in [2.75, 3.05) is 5.73 Å². The summed E-state index contributed by atoms with van der Waals surface area (Å²) in [5.41, 5.74) is 7.49. The van der Waals surface area contributed by atoms with Crippen molar-refractivity contribution < 1.29 is 8.42 Å². The minimum Gasteiger partial charge on any atom is -0.384 e. The first-order valence-electron chi connectivity index (χ1n) is 8.50. The SMILES string of the molecule is Nc1c(S(=O)(=O)c2ccccc2)c2ncncc2n1C1CCCCC1. The molecule has 2 N–H and O–H groups in total. The van der Waals surface area contributed by atoms with Crippen LogP contribution in [-0.2, 0) is 9.84 Å². The molecule has 0 unspecified atom stereocenters. The number of nitrogens with zero attached hydrogens (tertiary/aromatic N) is 3. The second-order valence-corrected chi connectivity index (χ2v) is 8.34. The fraction of sp³-hybridized carbons (Fsp3) is 0.333. The molecule has 0 atom stereocenters. The van der Waals surface area contributed by atoms with Gasteiger partial charge in [0.05, 0.1) is 16.6 Å². The molecular weight excluding hydrogens is 336 g/mol. The van der Waals surface area contributed by atoms with E-state index in [1.165, 1.54) is 12.7 Å². The van der Waals surface area contributed by atoms with Crippen molar-refractivity contribution in [2.24, 2.45) is 0 Å². The molecule has 2 heterocycles. The third kappa shape index (κ3) is 2.59. The van der Waals surface area contributed by atoms with Crippen LogP contribution in [0.15, 0.2) is 52.6 Å². The molecule has 0 amide bonds. The summed E-state index contributed by atoms with van der Waals surface area (Å²) in [4.78, 5) is 8.68. The van der Waals surface area contributed by atoms with Gasteiger partial charge < -0.3 is 10.3 Å². The van der Waals surface area contributed by atoms with Crippen LogP contribution in [0.3, 0.4) is 0 Å². The summed E-state index contributed by atoms with van der Waals surface area (Å²) in [6.07, 6.45) is 8.48. The maximum Gasteiger partial charge on any atom is 0.212 e. The second-order valence-electron chi connectivity index (χ2n) is 6.45. The minimum absolute atomic E-state index is 0.0988. The summed E-state index contributed by atoms with van der Waals surface area (Å²) < 4.78 is 28.4. The summed E-state index contributed by atoms with van der Waals surface area (Å²) in [5.74, 6) is 0.270. The van der Waals surface area contributed by atoms with Crippen LogP contribution in [0.5, 0.6) is 0 Å². The van der Waals surface area contributed by atoms with E-state index in [1.54, 1.807) is 36.5 Å². The molecule has 4 rings (SSSR count). The number of sulfone groups is 1. The number of aromatic nitrogens is 3. The van der Waals surface area contributed by atoms with E-state index in [-0.39, 0.29) is 21.7 Å². The Balaban J connectivity index is 1.98. The molecule has 2 aromatic heterocycles. The van der Waals surface area contributed by atoms with Crippen LogP contribution < -0.4 is 5.73 Å². The van der Waals surface area contributed by atoms with Gasteiger partial charge in [0.25, 0.3) is 0 Å². The third-order valence-electron chi connectivity index (χ3n) is 4.92. The molecule has 0 radical (unpaired) electrons. The van der Waals surface area contributed by atoms with Crippen molar-refractivity contribution in [2.45, 2.75) is 47.9 Å².